The van der Waals surface area contributed by atoms with E-state index < -0.39 is 5.95 Å². The molecule has 1 aromatic carbocycles. The number of aromatic nitrogens is 1. The number of nitrogens with zero attached hydrogens (tertiary/aromatic N) is 1. The van der Waals surface area contributed by atoms with Crippen LogP contribution in [0.4, 0.5) is 4.39 Å². The predicted molar refractivity (Wildman–Crippen MR) is 74.2 cm³/mol. The van der Waals surface area contributed by atoms with Gasteiger partial charge < -0.3 is 5.32 Å². The van der Waals surface area contributed by atoms with Gasteiger partial charge in [-0.3, -0.25) is 4.79 Å². The van der Waals surface area contributed by atoms with E-state index >= 15 is 0 Å². The highest BCUT2D eigenvalue weighted by Crippen LogP contribution is 2.18. The molecule has 0 aliphatic heterocycles. The van der Waals surface area contributed by atoms with Crippen LogP contribution in [-0.2, 0) is 0 Å². The van der Waals surface area contributed by atoms with Crippen LogP contribution in [0.25, 0.3) is 0 Å². The van der Waals surface area contributed by atoms with Crippen LogP contribution in [0.3, 0.4) is 0 Å². The first-order chi connectivity index (χ1) is 9.06. The molecule has 2 rings (SSSR count). The first-order valence-corrected chi connectivity index (χ1v) is 6.53. The van der Waals surface area contributed by atoms with Crippen LogP contribution in [0.15, 0.2) is 47.1 Å². The predicted octanol–water partition coefficient (Wildman–Crippen LogP) is 3.47. The molecule has 0 aliphatic carbocycles. The van der Waals surface area contributed by atoms with Crippen molar-refractivity contribution in [1.29, 1.82) is 0 Å². The third-order valence-corrected chi connectivity index (χ3v) is 3.18. The SMILES string of the molecule is CC(NC(=O)c1ccnc(F)c1)c1cccc(Br)c1. The molecule has 5 heteroatoms. The van der Waals surface area contributed by atoms with Crippen LogP contribution >= 0.6 is 15.9 Å². The molecule has 1 unspecified atom stereocenters. The maximum Gasteiger partial charge on any atom is 0.251 e. The monoisotopic (exact) mass is 322 g/mol. The van der Waals surface area contributed by atoms with Crippen molar-refractivity contribution in [3.8, 4) is 0 Å². The zero-order chi connectivity index (χ0) is 13.8. The Morgan fingerprint density at radius 1 is 1.37 bits per heavy atom. The normalized spacial score (nSPS) is 11.9. The smallest absolute Gasteiger partial charge is 0.251 e. The van der Waals surface area contributed by atoms with E-state index in [4.69, 9.17) is 0 Å². The van der Waals surface area contributed by atoms with Gasteiger partial charge in [0.05, 0.1) is 6.04 Å². The Morgan fingerprint density at radius 2 is 2.16 bits per heavy atom. The first kappa shape index (κ1) is 13.7. The molecule has 0 spiro atoms. The molecule has 1 N–H and O–H groups in total. The number of nitrogens with one attached hydrogen (secondary N) is 1. The lowest BCUT2D eigenvalue weighted by molar-refractivity contribution is 0.0939. The second kappa shape index (κ2) is 5.93. The van der Waals surface area contributed by atoms with Crippen molar-refractivity contribution in [2.45, 2.75) is 13.0 Å². The quantitative estimate of drug-likeness (QED) is 0.879. The summed E-state index contributed by atoms with van der Waals surface area (Å²) in [5, 5.41) is 2.81. The number of hydrogen-bond donors (Lipinski definition) is 1. The fraction of sp³-hybridized carbons (Fsp3) is 0.143. The summed E-state index contributed by atoms with van der Waals surface area (Å²) < 4.78 is 13.9. The van der Waals surface area contributed by atoms with Crippen LogP contribution in [0.5, 0.6) is 0 Å². The molecule has 0 radical (unpaired) electrons. The fourth-order valence-corrected chi connectivity index (χ4v) is 2.10. The fourth-order valence-electron chi connectivity index (χ4n) is 1.68. The van der Waals surface area contributed by atoms with Crippen LogP contribution < -0.4 is 5.32 Å². The maximum atomic E-state index is 12.9. The van der Waals surface area contributed by atoms with Crippen molar-refractivity contribution in [3.05, 3.63) is 64.1 Å². The van der Waals surface area contributed by atoms with E-state index in [0.717, 1.165) is 16.1 Å². The lowest BCUT2D eigenvalue weighted by Crippen LogP contribution is -2.26. The number of hydrogen-bond acceptors (Lipinski definition) is 2. The second-order valence-electron chi connectivity index (χ2n) is 4.12. The van der Waals surface area contributed by atoms with E-state index in [0.29, 0.717) is 0 Å². The van der Waals surface area contributed by atoms with Crippen LogP contribution in [0.2, 0.25) is 0 Å². The van der Waals surface area contributed by atoms with E-state index in [1.807, 2.05) is 31.2 Å². The Labute approximate surface area is 119 Å². The highest BCUT2D eigenvalue weighted by Gasteiger charge is 2.12. The van der Waals surface area contributed by atoms with Gasteiger partial charge in [-0.05, 0) is 30.7 Å². The molecular weight excluding hydrogens is 311 g/mol. The van der Waals surface area contributed by atoms with Crippen molar-refractivity contribution >= 4 is 21.8 Å². The van der Waals surface area contributed by atoms with Crippen molar-refractivity contribution in [2.24, 2.45) is 0 Å². The Hall–Kier alpha value is -1.75. The maximum absolute atomic E-state index is 12.9. The molecule has 0 bridgehead atoms. The molecule has 0 aliphatic rings. The zero-order valence-electron chi connectivity index (χ0n) is 10.2. The summed E-state index contributed by atoms with van der Waals surface area (Å²) in [7, 11) is 0. The third kappa shape index (κ3) is 3.61. The van der Waals surface area contributed by atoms with E-state index in [9.17, 15) is 9.18 Å². The van der Waals surface area contributed by atoms with Gasteiger partial charge in [0.25, 0.3) is 5.91 Å². The first-order valence-electron chi connectivity index (χ1n) is 5.74. The van der Waals surface area contributed by atoms with E-state index in [-0.39, 0.29) is 17.5 Å². The second-order valence-corrected chi connectivity index (χ2v) is 5.03. The largest absolute Gasteiger partial charge is 0.346 e. The van der Waals surface area contributed by atoms with Crippen LogP contribution in [-0.4, -0.2) is 10.9 Å². The summed E-state index contributed by atoms with van der Waals surface area (Å²) in [5.74, 6) is -0.989. The minimum atomic E-state index is -0.664. The molecule has 0 saturated heterocycles. The molecule has 1 amide bonds. The number of halogens is 2. The van der Waals surface area contributed by atoms with Gasteiger partial charge >= 0.3 is 0 Å². The molecule has 1 aromatic heterocycles. The standard InChI is InChI=1S/C14H12BrFN2O/c1-9(10-3-2-4-12(15)7-10)18-14(19)11-5-6-17-13(16)8-11/h2-9H,1H3,(H,18,19). The van der Waals surface area contributed by atoms with Crippen LogP contribution in [0.1, 0.15) is 28.9 Å². The number of pyridine rings is 1. The Kier molecular flexibility index (Phi) is 4.27. The van der Waals surface area contributed by atoms with E-state index in [1.165, 1.54) is 12.3 Å². The van der Waals surface area contributed by atoms with Crippen molar-refractivity contribution in [1.82, 2.24) is 10.3 Å². The molecule has 1 heterocycles. The topological polar surface area (TPSA) is 42.0 Å². The number of carbonyl (C=O) groups excluding carboxylic acids is 1. The Balaban J connectivity index is 2.11. The summed E-state index contributed by atoms with van der Waals surface area (Å²) in [5.41, 5.74) is 1.23. The molecule has 0 saturated carbocycles. The highest BCUT2D eigenvalue weighted by molar-refractivity contribution is 9.10. The molecular formula is C14H12BrFN2O. The summed E-state index contributed by atoms with van der Waals surface area (Å²) in [6.07, 6.45) is 1.27. The van der Waals surface area contributed by atoms with Gasteiger partial charge in [0, 0.05) is 22.3 Å². The number of amides is 1. The molecule has 98 valence electrons. The lowest BCUT2D eigenvalue weighted by Gasteiger charge is -2.14. The number of carbonyl (C=O) groups is 1. The molecule has 1 atom stereocenters. The molecule has 2 aromatic rings. The van der Waals surface area contributed by atoms with Gasteiger partial charge in [-0.15, -0.1) is 0 Å². The summed E-state index contributed by atoms with van der Waals surface area (Å²) in [6.45, 7) is 1.87. The zero-order valence-corrected chi connectivity index (χ0v) is 11.8. The number of rotatable bonds is 3. The highest BCUT2D eigenvalue weighted by atomic mass is 79.9. The van der Waals surface area contributed by atoms with Crippen molar-refractivity contribution in [2.75, 3.05) is 0 Å². The lowest BCUT2D eigenvalue weighted by atomic mass is 10.1. The van der Waals surface area contributed by atoms with Crippen molar-refractivity contribution in [3.63, 3.8) is 0 Å². The minimum Gasteiger partial charge on any atom is -0.346 e. The van der Waals surface area contributed by atoms with Gasteiger partial charge in [0.1, 0.15) is 0 Å². The molecule has 3 nitrogen and oxygen atoms in total. The average molecular weight is 323 g/mol. The van der Waals surface area contributed by atoms with Crippen molar-refractivity contribution < 1.29 is 9.18 Å². The Morgan fingerprint density at radius 3 is 2.84 bits per heavy atom. The minimum absolute atomic E-state index is 0.166. The van der Waals surface area contributed by atoms with Crippen LogP contribution in [0, 0.1) is 5.95 Å². The van der Waals surface area contributed by atoms with Gasteiger partial charge in [-0.2, -0.15) is 4.39 Å². The van der Waals surface area contributed by atoms with E-state index in [2.05, 4.69) is 26.2 Å². The molecule has 0 fully saturated rings. The summed E-state index contributed by atoms with van der Waals surface area (Å²) in [6, 6.07) is 10.1. The molecule has 19 heavy (non-hydrogen) atoms. The number of benzene rings is 1. The summed E-state index contributed by atoms with van der Waals surface area (Å²) >= 11 is 3.38. The Bertz CT molecular complexity index is 604. The van der Waals surface area contributed by atoms with Gasteiger partial charge in [-0.25, -0.2) is 4.98 Å². The van der Waals surface area contributed by atoms with Gasteiger partial charge in [0.2, 0.25) is 5.95 Å². The summed E-state index contributed by atoms with van der Waals surface area (Å²) in [4.78, 5) is 15.4. The third-order valence-electron chi connectivity index (χ3n) is 2.69. The average Bonchev–Trinajstić information content (AvgIpc) is 2.38. The van der Waals surface area contributed by atoms with E-state index in [1.54, 1.807) is 0 Å². The van der Waals surface area contributed by atoms with Gasteiger partial charge in [-0.1, -0.05) is 28.1 Å². The van der Waals surface area contributed by atoms with Gasteiger partial charge in [0.15, 0.2) is 0 Å².